The maximum Gasteiger partial charge on any atom is 0.123 e. The van der Waals surface area contributed by atoms with Crippen LogP contribution in [-0.2, 0) is 0 Å². The highest BCUT2D eigenvalue weighted by atomic mass is 79.9. The first-order valence-corrected chi connectivity index (χ1v) is 5.04. The summed E-state index contributed by atoms with van der Waals surface area (Å²) in [5, 5.41) is 0.816. The fraction of sp³-hybridized carbons (Fsp3) is 0. The van der Waals surface area contributed by atoms with Gasteiger partial charge in [-0.2, -0.15) is 0 Å². The van der Waals surface area contributed by atoms with Gasteiger partial charge in [0, 0.05) is 5.39 Å². The fourth-order valence-corrected chi connectivity index (χ4v) is 1.54. The van der Waals surface area contributed by atoms with Crippen LogP contribution in [0.5, 0.6) is 0 Å². The first kappa shape index (κ1) is 9.34. The van der Waals surface area contributed by atoms with Crippen molar-refractivity contribution >= 4 is 32.9 Å². The molecule has 0 fully saturated rings. The second-order valence-corrected chi connectivity index (χ2v) is 3.39. The summed E-state index contributed by atoms with van der Waals surface area (Å²) in [7, 11) is 0. The lowest BCUT2D eigenvalue weighted by Gasteiger charge is -1.98. The molecule has 0 saturated carbocycles. The molecule has 0 aliphatic carbocycles. The molecule has 0 radical (unpaired) electrons. The van der Waals surface area contributed by atoms with E-state index < -0.39 is 0 Å². The summed E-state index contributed by atoms with van der Waals surface area (Å²) in [6.45, 7) is 0. The molecule has 0 aliphatic heterocycles. The van der Waals surface area contributed by atoms with Gasteiger partial charge in [0.2, 0.25) is 0 Å². The first-order chi connectivity index (χ1) is 6.79. The van der Waals surface area contributed by atoms with Gasteiger partial charge in [-0.25, -0.2) is 9.37 Å². The topological polar surface area (TPSA) is 12.9 Å². The third-order valence-electron chi connectivity index (χ3n) is 1.91. The van der Waals surface area contributed by atoms with Crippen molar-refractivity contribution < 1.29 is 4.39 Å². The van der Waals surface area contributed by atoms with Crippen LogP contribution in [0.25, 0.3) is 17.0 Å². The van der Waals surface area contributed by atoms with Crippen LogP contribution in [0, 0.1) is 5.82 Å². The van der Waals surface area contributed by atoms with Gasteiger partial charge in [0.1, 0.15) is 5.82 Å². The van der Waals surface area contributed by atoms with E-state index in [1.807, 2.05) is 18.2 Å². The van der Waals surface area contributed by atoms with E-state index in [4.69, 9.17) is 0 Å². The van der Waals surface area contributed by atoms with Crippen molar-refractivity contribution in [2.75, 3.05) is 0 Å². The predicted octanol–water partition coefficient (Wildman–Crippen LogP) is 3.74. The molecule has 1 heterocycles. The Morgan fingerprint density at radius 2 is 2.07 bits per heavy atom. The molecule has 1 aromatic heterocycles. The van der Waals surface area contributed by atoms with E-state index in [1.165, 1.54) is 12.1 Å². The van der Waals surface area contributed by atoms with Gasteiger partial charge < -0.3 is 0 Å². The molecule has 0 atom stereocenters. The van der Waals surface area contributed by atoms with Crippen molar-refractivity contribution in [1.29, 1.82) is 0 Å². The summed E-state index contributed by atoms with van der Waals surface area (Å²) in [5.41, 5.74) is 1.65. The summed E-state index contributed by atoms with van der Waals surface area (Å²) in [5.74, 6) is -0.233. The van der Waals surface area contributed by atoms with Gasteiger partial charge in [-0.05, 0) is 35.3 Å². The smallest absolute Gasteiger partial charge is 0.123 e. The van der Waals surface area contributed by atoms with E-state index in [2.05, 4.69) is 20.9 Å². The van der Waals surface area contributed by atoms with Crippen LogP contribution in [0.3, 0.4) is 0 Å². The lowest BCUT2D eigenvalue weighted by Crippen LogP contribution is -1.83. The van der Waals surface area contributed by atoms with Gasteiger partial charge in [0.25, 0.3) is 0 Å². The maximum absolute atomic E-state index is 12.8. The quantitative estimate of drug-likeness (QED) is 0.753. The molecule has 0 amide bonds. The Morgan fingerprint density at radius 1 is 1.21 bits per heavy atom. The molecule has 70 valence electrons. The van der Waals surface area contributed by atoms with E-state index in [-0.39, 0.29) is 5.82 Å². The predicted molar refractivity (Wildman–Crippen MR) is 59.7 cm³/mol. The molecular formula is C11H7BrFN. The molecule has 0 N–H and O–H groups in total. The highest BCUT2D eigenvalue weighted by molar-refractivity contribution is 9.11. The number of benzene rings is 1. The zero-order valence-corrected chi connectivity index (χ0v) is 8.83. The number of aromatic nitrogens is 1. The first-order valence-electron chi connectivity index (χ1n) is 4.13. The molecule has 2 rings (SSSR count). The van der Waals surface area contributed by atoms with Crippen LogP contribution in [0.1, 0.15) is 5.69 Å². The number of halogens is 2. The van der Waals surface area contributed by atoms with Gasteiger partial charge >= 0.3 is 0 Å². The Labute approximate surface area is 89.4 Å². The van der Waals surface area contributed by atoms with Crippen LogP contribution in [0.15, 0.2) is 35.3 Å². The molecule has 0 unspecified atom stereocenters. The average Bonchev–Trinajstić information content (AvgIpc) is 2.19. The summed E-state index contributed by atoms with van der Waals surface area (Å²) < 4.78 is 12.8. The Hall–Kier alpha value is -1.22. The van der Waals surface area contributed by atoms with E-state index >= 15 is 0 Å². The molecule has 2 aromatic rings. The molecule has 0 aliphatic rings. The number of nitrogens with zero attached hydrogens (tertiary/aromatic N) is 1. The normalized spacial score (nSPS) is 11.3. The summed E-state index contributed by atoms with van der Waals surface area (Å²) in [6.07, 6.45) is 1.84. The van der Waals surface area contributed by atoms with Crippen molar-refractivity contribution in [1.82, 2.24) is 4.98 Å². The standard InChI is InChI=1S/C11H7BrFN/c12-6-5-10-3-1-8-7-9(13)2-4-11(8)14-10/h1-7H. The van der Waals surface area contributed by atoms with Crippen molar-refractivity contribution in [2.24, 2.45) is 0 Å². The zero-order chi connectivity index (χ0) is 9.97. The molecule has 1 nitrogen and oxygen atoms in total. The molecule has 14 heavy (non-hydrogen) atoms. The van der Waals surface area contributed by atoms with Crippen LogP contribution in [-0.4, -0.2) is 4.98 Å². The lowest BCUT2D eigenvalue weighted by molar-refractivity contribution is 0.629. The van der Waals surface area contributed by atoms with Crippen LogP contribution >= 0.6 is 15.9 Å². The zero-order valence-electron chi connectivity index (χ0n) is 7.24. The molecule has 0 spiro atoms. The number of pyridine rings is 1. The highest BCUT2D eigenvalue weighted by Crippen LogP contribution is 2.14. The van der Waals surface area contributed by atoms with Crippen molar-refractivity contribution in [3.8, 4) is 0 Å². The minimum absolute atomic E-state index is 0.233. The SMILES string of the molecule is Fc1ccc2nc(C=CBr)ccc2c1. The second kappa shape index (κ2) is 3.88. The molecular weight excluding hydrogens is 245 g/mol. The van der Waals surface area contributed by atoms with Gasteiger partial charge in [0.05, 0.1) is 11.2 Å². The molecule has 3 heteroatoms. The van der Waals surface area contributed by atoms with Crippen molar-refractivity contribution in [3.05, 3.63) is 46.8 Å². The van der Waals surface area contributed by atoms with Crippen LogP contribution in [0.2, 0.25) is 0 Å². The Bertz CT molecular complexity index is 494. The number of hydrogen-bond donors (Lipinski definition) is 0. The third-order valence-corrected chi connectivity index (χ3v) is 2.17. The van der Waals surface area contributed by atoms with Gasteiger partial charge in [0.15, 0.2) is 0 Å². The van der Waals surface area contributed by atoms with Crippen molar-refractivity contribution in [2.45, 2.75) is 0 Å². The van der Waals surface area contributed by atoms with Crippen molar-refractivity contribution in [3.63, 3.8) is 0 Å². The van der Waals surface area contributed by atoms with Gasteiger partial charge in [-0.3, -0.25) is 0 Å². The van der Waals surface area contributed by atoms with E-state index in [1.54, 1.807) is 11.1 Å². The molecule has 0 bridgehead atoms. The summed E-state index contributed by atoms with van der Waals surface area (Å²) in [4.78, 5) is 6.06. The summed E-state index contributed by atoms with van der Waals surface area (Å²) in [6, 6.07) is 8.27. The van der Waals surface area contributed by atoms with Gasteiger partial charge in [-0.15, -0.1) is 0 Å². The Kier molecular flexibility index (Phi) is 2.59. The highest BCUT2D eigenvalue weighted by Gasteiger charge is 1.97. The van der Waals surface area contributed by atoms with E-state index in [9.17, 15) is 4.39 Å². The molecule has 1 aromatic carbocycles. The Balaban J connectivity index is 2.61. The maximum atomic E-state index is 12.8. The minimum Gasteiger partial charge on any atom is -0.248 e. The average molecular weight is 252 g/mol. The van der Waals surface area contributed by atoms with Gasteiger partial charge in [-0.1, -0.05) is 22.0 Å². The minimum atomic E-state index is -0.233. The fourth-order valence-electron chi connectivity index (χ4n) is 1.27. The number of hydrogen-bond acceptors (Lipinski definition) is 1. The number of rotatable bonds is 1. The Morgan fingerprint density at radius 3 is 2.86 bits per heavy atom. The third kappa shape index (κ3) is 1.82. The lowest BCUT2D eigenvalue weighted by atomic mass is 10.2. The van der Waals surface area contributed by atoms with E-state index in [0.717, 1.165) is 16.6 Å². The van der Waals surface area contributed by atoms with Crippen LogP contribution in [0.4, 0.5) is 4.39 Å². The van der Waals surface area contributed by atoms with E-state index in [0.29, 0.717) is 0 Å². The monoisotopic (exact) mass is 251 g/mol. The second-order valence-electron chi connectivity index (χ2n) is 2.87. The largest absolute Gasteiger partial charge is 0.248 e. The summed E-state index contributed by atoms with van der Waals surface area (Å²) >= 11 is 3.18. The van der Waals surface area contributed by atoms with Crippen LogP contribution < -0.4 is 0 Å². The number of fused-ring (bicyclic) bond motifs is 1. The molecule has 0 saturated heterocycles.